The van der Waals surface area contributed by atoms with Crippen molar-refractivity contribution >= 4 is 11.6 Å². The Kier molecular flexibility index (Phi) is 3.84. The predicted octanol–water partition coefficient (Wildman–Crippen LogP) is 3.04. The van der Waals surface area contributed by atoms with Crippen LogP contribution in [-0.4, -0.2) is 24.4 Å². The van der Waals surface area contributed by atoms with Crippen LogP contribution in [0.15, 0.2) is 0 Å². The summed E-state index contributed by atoms with van der Waals surface area (Å²) in [4.78, 5) is 0. The number of hydrogen-bond donors (Lipinski definition) is 0. The van der Waals surface area contributed by atoms with Gasteiger partial charge < -0.3 is 9.47 Å². The highest BCUT2D eigenvalue weighted by atomic mass is 35.5. The van der Waals surface area contributed by atoms with Gasteiger partial charge in [0.25, 0.3) is 0 Å². The largest absolute Gasteiger partial charge is 0.348 e. The molecule has 2 nitrogen and oxygen atoms in total. The van der Waals surface area contributed by atoms with E-state index < -0.39 is 0 Å². The van der Waals surface area contributed by atoms with Crippen molar-refractivity contribution in [2.24, 2.45) is 11.3 Å². The fraction of sp³-hybridized carbons (Fsp3) is 1.00. The molecule has 0 aromatic carbocycles. The predicted molar refractivity (Wildman–Crippen MR) is 58.5 cm³/mol. The van der Waals surface area contributed by atoms with E-state index in [1.54, 1.807) is 0 Å². The molecule has 14 heavy (non-hydrogen) atoms. The Morgan fingerprint density at radius 1 is 1.14 bits per heavy atom. The van der Waals surface area contributed by atoms with Gasteiger partial charge in [-0.3, -0.25) is 0 Å². The zero-order valence-electron chi connectivity index (χ0n) is 9.71. The average molecular weight is 221 g/mol. The van der Waals surface area contributed by atoms with Gasteiger partial charge in [-0.25, -0.2) is 0 Å². The maximum atomic E-state index is 5.77. The van der Waals surface area contributed by atoms with Crippen molar-refractivity contribution in [3.63, 3.8) is 0 Å². The van der Waals surface area contributed by atoms with Gasteiger partial charge in [-0.05, 0) is 25.2 Å². The lowest BCUT2D eigenvalue weighted by atomic mass is 9.73. The van der Waals surface area contributed by atoms with Crippen molar-refractivity contribution in [2.75, 3.05) is 5.88 Å². The second-order valence-corrected chi connectivity index (χ2v) is 5.12. The molecule has 3 heteroatoms. The summed E-state index contributed by atoms with van der Waals surface area (Å²) in [6.45, 7) is 10.8. The van der Waals surface area contributed by atoms with E-state index in [0.717, 1.165) is 0 Å². The molecule has 0 spiro atoms. The molecule has 0 aliphatic carbocycles. The van der Waals surface area contributed by atoms with Crippen LogP contribution in [0.4, 0.5) is 0 Å². The van der Waals surface area contributed by atoms with Crippen LogP contribution < -0.4 is 0 Å². The van der Waals surface area contributed by atoms with E-state index in [1.165, 1.54) is 0 Å². The zero-order valence-corrected chi connectivity index (χ0v) is 10.5. The van der Waals surface area contributed by atoms with Crippen molar-refractivity contribution in [1.29, 1.82) is 0 Å². The Labute approximate surface area is 91.9 Å². The quantitative estimate of drug-likeness (QED) is 0.633. The fourth-order valence-electron chi connectivity index (χ4n) is 1.84. The third-order valence-electron chi connectivity index (χ3n) is 3.77. The molecule has 0 radical (unpaired) electrons. The number of ether oxygens (including phenoxy) is 2. The molecule has 4 unspecified atom stereocenters. The summed E-state index contributed by atoms with van der Waals surface area (Å²) in [5.41, 5.74) is 0.125. The standard InChI is InChI=1S/C11H21ClO2/c1-7-8(2)13-10(6-12)14-9(3)11(7,4)5/h7-10H,6H2,1-5H3. The summed E-state index contributed by atoms with van der Waals surface area (Å²) >= 11 is 5.77. The van der Waals surface area contributed by atoms with Crippen molar-refractivity contribution < 1.29 is 9.47 Å². The minimum atomic E-state index is -0.258. The lowest BCUT2D eigenvalue weighted by Gasteiger charge is -2.36. The van der Waals surface area contributed by atoms with Gasteiger partial charge in [0.05, 0.1) is 18.1 Å². The van der Waals surface area contributed by atoms with Crippen LogP contribution >= 0.6 is 11.6 Å². The minimum Gasteiger partial charge on any atom is -0.348 e. The first kappa shape index (κ1) is 12.3. The second kappa shape index (κ2) is 4.38. The molecule has 1 heterocycles. The van der Waals surface area contributed by atoms with Gasteiger partial charge in [0.1, 0.15) is 0 Å². The van der Waals surface area contributed by atoms with Gasteiger partial charge in [0.2, 0.25) is 0 Å². The van der Waals surface area contributed by atoms with Gasteiger partial charge in [0, 0.05) is 0 Å². The van der Waals surface area contributed by atoms with Gasteiger partial charge in [0.15, 0.2) is 6.29 Å². The smallest absolute Gasteiger partial charge is 0.171 e. The maximum Gasteiger partial charge on any atom is 0.171 e. The highest BCUT2D eigenvalue weighted by Crippen LogP contribution is 2.39. The Bertz CT molecular complexity index is 194. The van der Waals surface area contributed by atoms with E-state index in [1.807, 2.05) is 0 Å². The molecule has 4 atom stereocenters. The van der Waals surface area contributed by atoms with Crippen molar-refractivity contribution in [2.45, 2.75) is 53.1 Å². The van der Waals surface area contributed by atoms with Gasteiger partial charge >= 0.3 is 0 Å². The Morgan fingerprint density at radius 3 is 2.21 bits per heavy atom. The molecule has 84 valence electrons. The van der Waals surface area contributed by atoms with Crippen LogP contribution in [0.1, 0.15) is 34.6 Å². The first-order valence-corrected chi connectivity index (χ1v) is 5.80. The lowest BCUT2D eigenvalue weighted by Crippen LogP contribution is -2.37. The molecular weight excluding hydrogens is 200 g/mol. The van der Waals surface area contributed by atoms with Crippen LogP contribution in [0, 0.1) is 11.3 Å². The Morgan fingerprint density at radius 2 is 1.71 bits per heavy atom. The molecule has 1 aliphatic heterocycles. The topological polar surface area (TPSA) is 18.5 Å². The van der Waals surface area contributed by atoms with Crippen LogP contribution in [0.25, 0.3) is 0 Å². The summed E-state index contributed by atoms with van der Waals surface area (Å²) in [7, 11) is 0. The summed E-state index contributed by atoms with van der Waals surface area (Å²) < 4.78 is 11.5. The fourth-order valence-corrected chi connectivity index (χ4v) is 1.99. The number of halogens is 1. The van der Waals surface area contributed by atoms with Crippen LogP contribution in [0.5, 0.6) is 0 Å². The Hall–Kier alpha value is 0.210. The molecule has 0 N–H and O–H groups in total. The normalized spacial score (nSPS) is 43.3. The number of rotatable bonds is 1. The average Bonchev–Trinajstić information content (AvgIpc) is 2.19. The van der Waals surface area contributed by atoms with Crippen LogP contribution in [0.2, 0.25) is 0 Å². The van der Waals surface area contributed by atoms with Crippen LogP contribution in [-0.2, 0) is 9.47 Å². The summed E-state index contributed by atoms with van der Waals surface area (Å²) in [6.07, 6.45) is 0.107. The molecule has 0 aromatic rings. The summed E-state index contributed by atoms with van der Waals surface area (Å²) in [6, 6.07) is 0. The molecular formula is C11H21ClO2. The van der Waals surface area contributed by atoms with Crippen LogP contribution in [0.3, 0.4) is 0 Å². The summed E-state index contributed by atoms with van der Waals surface area (Å²) in [5, 5.41) is 0. The monoisotopic (exact) mass is 220 g/mol. The number of hydrogen-bond acceptors (Lipinski definition) is 2. The van der Waals surface area contributed by atoms with E-state index >= 15 is 0 Å². The second-order valence-electron chi connectivity index (χ2n) is 4.81. The highest BCUT2D eigenvalue weighted by Gasteiger charge is 2.41. The highest BCUT2D eigenvalue weighted by molar-refractivity contribution is 6.18. The molecule has 1 aliphatic rings. The van der Waals surface area contributed by atoms with E-state index in [-0.39, 0.29) is 23.9 Å². The van der Waals surface area contributed by atoms with Gasteiger partial charge in [-0.15, -0.1) is 11.6 Å². The first-order chi connectivity index (χ1) is 6.39. The van der Waals surface area contributed by atoms with E-state index in [9.17, 15) is 0 Å². The van der Waals surface area contributed by atoms with Crippen molar-refractivity contribution in [3.05, 3.63) is 0 Å². The SMILES string of the molecule is CC1OC(CCl)OC(C)C(C)(C)C1C. The molecule has 0 saturated carbocycles. The van der Waals surface area contributed by atoms with E-state index in [0.29, 0.717) is 11.8 Å². The van der Waals surface area contributed by atoms with Gasteiger partial charge in [-0.2, -0.15) is 0 Å². The maximum absolute atomic E-state index is 5.77. The van der Waals surface area contributed by atoms with E-state index in [4.69, 9.17) is 21.1 Å². The minimum absolute atomic E-state index is 0.125. The lowest BCUT2D eigenvalue weighted by molar-refractivity contribution is -0.162. The Balaban J connectivity index is 2.83. The molecule has 1 rings (SSSR count). The first-order valence-electron chi connectivity index (χ1n) is 5.26. The molecule has 1 saturated heterocycles. The zero-order chi connectivity index (χ0) is 10.9. The molecule has 0 bridgehead atoms. The van der Waals surface area contributed by atoms with E-state index in [2.05, 4.69) is 34.6 Å². The van der Waals surface area contributed by atoms with Crippen molar-refractivity contribution in [3.8, 4) is 0 Å². The molecule has 1 fully saturated rings. The third-order valence-corrected chi connectivity index (χ3v) is 4.03. The molecule has 0 aromatic heterocycles. The summed E-state index contributed by atoms with van der Waals surface area (Å²) in [5.74, 6) is 0.864. The van der Waals surface area contributed by atoms with Gasteiger partial charge in [-0.1, -0.05) is 20.8 Å². The molecule has 0 amide bonds. The number of alkyl halides is 1. The van der Waals surface area contributed by atoms with Crippen molar-refractivity contribution in [1.82, 2.24) is 0 Å². The third kappa shape index (κ3) is 2.23.